The first-order chi connectivity index (χ1) is 8.63. The number of nitrogens with two attached hydrogens (primary N) is 1. The summed E-state index contributed by atoms with van der Waals surface area (Å²) in [5, 5.41) is 0. The van der Waals surface area contributed by atoms with Gasteiger partial charge in [0.25, 0.3) is 0 Å². The van der Waals surface area contributed by atoms with Crippen LogP contribution >= 0.6 is 24.8 Å². The Morgan fingerprint density at radius 3 is 2.60 bits per heavy atom. The van der Waals surface area contributed by atoms with E-state index in [0.29, 0.717) is 13.0 Å². The van der Waals surface area contributed by atoms with Crippen LogP contribution in [-0.2, 0) is 11.3 Å². The van der Waals surface area contributed by atoms with Crippen LogP contribution in [0.4, 0.5) is 5.69 Å². The monoisotopic (exact) mass is 319 g/mol. The molecule has 0 bridgehead atoms. The average Bonchev–Trinajstić information content (AvgIpc) is 2.57. The van der Waals surface area contributed by atoms with Crippen molar-refractivity contribution >= 4 is 36.4 Å². The lowest BCUT2D eigenvalue weighted by Gasteiger charge is -2.23. The lowest BCUT2D eigenvalue weighted by atomic mass is 10.1. The lowest BCUT2D eigenvalue weighted by Crippen LogP contribution is -2.44. The predicted octanol–water partition coefficient (Wildman–Crippen LogP) is 2.05. The molecule has 0 spiro atoms. The van der Waals surface area contributed by atoms with E-state index in [1.165, 1.54) is 11.3 Å². The molecule has 1 amide bonds. The molecular formula is C14H23Cl2N3O. The number of hydrogen-bond donors (Lipinski definition) is 1. The van der Waals surface area contributed by atoms with Gasteiger partial charge < -0.3 is 15.5 Å². The van der Waals surface area contributed by atoms with Crippen LogP contribution in [0.25, 0.3) is 0 Å². The Hall–Kier alpha value is -0.970. The normalized spacial score (nSPS) is 15.3. The average molecular weight is 320 g/mol. The smallest absolute Gasteiger partial charge is 0.239 e. The second-order valence-electron chi connectivity index (χ2n) is 4.82. The molecule has 0 radical (unpaired) electrons. The van der Waals surface area contributed by atoms with Crippen molar-refractivity contribution in [1.82, 2.24) is 4.90 Å². The van der Waals surface area contributed by atoms with Gasteiger partial charge in [0, 0.05) is 32.4 Å². The Bertz CT molecular complexity index is 442. The van der Waals surface area contributed by atoms with Crippen LogP contribution in [0.2, 0.25) is 0 Å². The number of hydrogen-bond acceptors (Lipinski definition) is 3. The van der Waals surface area contributed by atoms with Crippen molar-refractivity contribution in [3.63, 3.8) is 0 Å². The Labute approximate surface area is 133 Å². The summed E-state index contributed by atoms with van der Waals surface area (Å²) >= 11 is 0. The standard InChI is InChI=1S/C14H21N3O.2ClH/c1-3-12(15)14(18)17-9-8-16(2)13-7-5-4-6-11(13)10-17;;/h4-7,12H,3,8-10,15H2,1-2H3;2*1H/t12-;;/m0../s1. The number of carbonyl (C=O) groups excluding carboxylic acids is 1. The summed E-state index contributed by atoms with van der Waals surface area (Å²) in [7, 11) is 2.06. The summed E-state index contributed by atoms with van der Waals surface area (Å²) in [6, 6.07) is 7.85. The number of rotatable bonds is 2. The van der Waals surface area contributed by atoms with E-state index < -0.39 is 0 Å². The molecule has 0 aliphatic carbocycles. The molecule has 114 valence electrons. The van der Waals surface area contributed by atoms with E-state index in [1.807, 2.05) is 24.0 Å². The van der Waals surface area contributed by atoms with Gasteiger partial charge in [-0.15, -0.1) is 24.8 Å². The maximum atomic E-state index is 12.2. The van der Waals surface area contributed by atoms with Gasteiger partial charge in [-0.25, -0.2) is 0 Å². The summed E-state index contributed by atoms with van der Waals surface area (Å²) in [6.07, 6.45) is 0.687. The summed E-state index contributed by atoms with van der Waals surface area (Å²) < 4.78 is 0. The zero-order valence-electron chi connectivity index (χ0n) is 11.9. The number of likely N-dealkylation sites (N-methyl/N-ethyl adjacent to an activating group) is 1. The Balaban J connectivity index is 0.00000180. The summed E-state index contributed by atoms with van der Waals surface area (Å²) in [6.45, 7) is 4.18. The van der Waals surface area contributed by atoms with Crippen LogP contribution in [-0.4, -0.2) is 37.0 Å². The first-order valence-corrected chi connectivity index (χ1v) is 6.47. The van der Waals surface area contributed by atoms with Gasteiger partial charge in [-0.3, -0.25) is 4.79 Å². The van der Waals surface area contributed by atoms with Crippen molar-refractivity contribution in [2.75, 3.05) is 25.0 Å². The molecule has 0 aromatic heterocycles. The fraction of sp³-hybridized carbons (Fsp3) is 0.500. The molecule has 20 heavy (non-hydrogen) atoms. The van der Waals surface area contributed by atoms with Crippen molar-refractivity contribution in [2.45, 2.75) is 25.9 Å². The Morgan fingerprint density at radius 2 is 1.95 bits per heavy atom. The highest BCUT2D eigenvalue weighted by molar-refractivity contribution is 5.85. The second-order valence-corrected chi connectivity index (χ2v) is 4.82. The van der Waals surface area contributed by atoms with E-state index in [-0.39, 0.29) is 36.8 Å². The number of benzene rings is 1. The fourth-order valence-corrected chi connectivity index (χ4v) is 2.29. The van der Waals surface area contributed by atoms with Gasteiger partial charge in [0.15, 0.2) is 0 Å². The van der Waals surface area contributed by atoms with Crippen LogP contribution in [0.5, 0.6) is 0 Å². The van der Waals surface area contributed by atoms with Crippen LogP contribution in [0, 0.1) is 0 Å². The van der Waals surface area contributed by atoms with E-state index in [0.717, 1.165) is 13.1 Å². The summed E-state index contributed by atoms with van der Waals surface area (Å²) in [5.74, 6) is 0.0580. The van der Waals surface area contributed by atoms with Gasteiger partial charge in [0.2, 0.25) is 5.91 Å². The molecule has 0 saturated carbocycles. The maximum Gasteiger partial charge on any atom is 0.239 e. The van der Waals surface area contributed by atoms with Crippen molar-refractivity contribution in [2.24, 2.45) is 5.73 Å². The number of para-hydroxylation sites is 1. The Morgan fingerprint density at radius 1 is 1.30 bits per heavy atom. The minimum absolute atomic E-state index is 0. The fourth-order valence-electron chi connectivity index (χ4n) is 2.29. The first-order valence-electron chi connectivity index (χ1n) is 6.47. The molecule has 1 aromatic rings. The van der Waals surface area contributed by atoms with Crippen molar-refractivity contribution in [3.8, 4) is 0 Å². The van der Waals surface area contributed by atoms with Gasteiger partial charge >= 0.3 is 0 Å². The molecule has 1 aliphatic rings. The second kappa shape index (κ2) is 8.35. The van der Waals surface area contributed by atoms with Gasteiger partial charge in [-0.05, 0) is 18.1 Å². The van der Waals surface area contributed by atoms with Crippen LogP contribution in [0.1, 0.15) is 18.9 Å². The Kier molecular flexibility index (Phi) is 7.94. The van der Waals surface area contributed by atoms with E-state index in [9.17, 15) is 4.79 Å². The minimum atomic E-state index is -0.374. The van der Waals surface area contributed by atoms with Gasteiger partial charge in [0.05, 0.1) is 6.04 Å². The lowest BCUT2D eigenvalue weighted by molar-refractivity contribution is -0.133. The van der Waals surface area contributed by atoms with Crippen LogP contribution < -0.4 is 10.6 Å². The largest absolute Gasteiger partial charge is 0.373 e. The predicted molar refractivity (Wildman–Crippen MR) is 87.9 cm³/mol. The van der Waals surface area contributed by atoms with Gasteiger partial charge in [0.1, 0.15) is 0 Å². The molecule has 1 atom stereocenters. The zero-order chi connectivity index (χ0) is 13.1. The van der Waals surface area contributed by atoms with E-state index in [4.69, 9.17) is 5.73 Å². The number of nitrogens with zero attached hydrogens (tertiary/aromatic N) is 2. The highest BCUT2D eigenvalue weighted by atomic mass is 35.5. The number of halogens is 2. The molecule has 0 fully saturated rings. The zero-order valence-corrected chi connectivity index (χ0v) is 13.5. The highest BCUT2D eigenvalue weighted by Gasteiger charge is 2.23. The van der Waals surface area contributed by atoms with Crippen LogP contribution in [0.15, 0.2) is 24.3 Å². The van der Waals surface area contributed by atoms with Crippen molar-refractivity contribution < 1.29 is 4.79 Å². The molecule has 1 aromatic carbocycles. The molecular weight excluding hydrogens is 297 g/mol. The first kappa shape index (κ1) is 19.0. The third-order valence-corrected chi connectivity index (χ3v) is 3.54. The molecule has 2 N–H and O–H groups in total. The molecule has 2 rings (SSSR count). The quantitative estimate of drug-likeness (QED) is 0.907. The number of anilines is 1. The summed E-state index contributed by atoms with van der Waals surface area (Å²) in [5.41, 5.74) is 8.24. The molecule has 0 saturated heterocycles. The topological polar surface area (TPSA) is 49.6 Å². The van der Waals surface area contributed by atoms with E-state index >= 15 is 0 Å². The molecule has 0 unspecified atom stereocenters. The van der Waals surface area contributed by atoms with Crippen LogP contribution in [0.3, 0.4) is 0 Å². The number of carbonyl (C=O) groups is 1. The molecule has 6 heteroatoms. The molecule has 4 nitrogen and oxygen atoms in total. The molecule has 1 heterocycles. The van der Waals surface area contributed by atoms with Gasteiger partial charge in [-0.2, -0.15) is 0 Å². The van der Waals surface area contributed by atoms with Crippen molar-refractivity contribution in [1.29, 1.82) is 0 Å². The molecule has 1 aliphatic heterocycles. The minimum Gasteiger partial charge on any atom is -0.373 e. The number of fused-ring (bicyclic) bond motifs is 1. The third kappa shape index (κ3) is 4.01. The number of amides is 1. The maximum absolute atomic E-state index is 12.2. The third-order valence-electron chi connectivity index (χ3n) is 3.54. The highest BCUT2D eigenvalue weighted by Crippen LogP contribution is 2.23. The SMILES string of the molecule is CC[C@H](N)C(=O)N1CCN(C)c2ccccc2C1.Cl.Cl. The van der Waals surface area contributed by atoms with E-state index in [1.54, 1.807) is 0 Å². The van der Waals surface area contributed by atoms with E-state index in [2.05, 4.69) is 24.1 Å². The van der Waals surface area contributed by atoms with Crippen molar-refractivity contribution in [3.05, 3.63) is 29.8 Å². The summed E-state index contributed by atoms with van der Waals surface area (Å²) in [4.78, 5) is 16.2. The van der Waals surface area contributed by atoms with Gasteiger partial charge in [-0.1, -0.05) is 25.1 Å².